The van der Waals surface area contributed by atoms with Gasteiger partial charge in [0.2, 0.25) is 0 Å². The van der Waals surface area contributed by atoms with Crippen LogP contribution in [0.15, 0.2) is 17.0 Å². The van der Waals surface area contributed by atoms with Crippen molar-refractivity contribution in [3.8, 4) is 11.5 Å². The smallest absolute Gasteiger partial charge is 0.266 e. The van der Waals surface area contributed by atoms with Crippen molar-refractivity contribution >= 4 is 51.9 Å². The predicted octanol–water partition coefficient (Wildman–Crippen LogP) is 3.28. The molecule has 2 fully saturated rings. The first-order valence-corrected chi connectivity index (χ1v) is 10.7. The molecule has 0 N–H and O–H groups in total. The molecule has 28 heavy (non-hydrogen) atoms. The lowest BCUT2D eigenvalue weighted by molar-refractivity contribution is -0.122. The average molecular weight is 443 g/mol. The second-order valence-corrected chi connectivity index (χ2v) is 8.34. The molecule has 0 aliphatic carbocycles. The number of rotatable bonds is 7. The number of carbonyl (C=O) groups excluding carboxylic acids is 1. The van der Waals surface area contributed by atoms with Crippen molar-refractivity contribution in [3.63, 3.8) is 0 Å². The van der Waals surface area contributed by atoms with Gasteiger partial charge < -0.3 is 14.2 Å². The van der Waals surface area contributed by atoms with E-state index in [1.807, 2.05) is 13.0 Å². The van der Waals surface area contributed by atoms with Gasteiger partial charge in [0.05, 0.1) is 36.9 Å². The molecule has 3 rings (SSSR count). The number of thiocarbonyl (C=S) groups is 1. The van der Waals surface area contributed by atoms with Crippen LogP contribution < -0.4 is 9.47 Å². The molecule has 1 aromatic carbocycles. The van der Waals surface area contributed by atoms with Gasteiger partial charge in [-0.15, -0.1) is 0 Å². The van der Waals surface area contributed by atoms with E-state index in [2.05, 4.69) is 4.90 Å². The Balaban J connectivity index is 1.73. The van der Waals surface area contributed by atoms with Crippen molar-refractivity contribution in [2.45, 2.75) is 6.92 Å². The highest BCUT2D eigenvalue weighted by atomic mass is 35.5. The standard InChI is InChI=1S/C19H23ClN2O4S2/c1-3-26-15-11-13(10-14(20)17(15)24-2)12-16-18(23)22(19(27)28-16)5-4-21-6-8-25-9-7-21/h10-12H,3-9H2,1-2H3/b16-12-. The number of carbonyl (C=O) groups is 1. The van der Waals surface area contributed by atoms with Gasteiger partial charge in [0.1, 0.15) is 4.32 Å². The van der Waals surface area contributed by atoms with E-state index in [9.17, 15) is 4.79 Å². The molecule has 2 saturated heterocycles. The Morgan fingerprint density at radius 2 is 2.07 bits per heavy atom. The Morgan fingerprint density at radius 3 is 2.75 bits per heavy atom. The van der Waals surface area contributed by atoms with Crippen LogP contribution in [0.4, 0.5) is 0 Å². The molecular formula is C19H23ClN2O4S2. The molecule has 0 unspecified atom stereocenters. The van der Waals surface area contributed by atoms with Gasteiger partial charge in [0.15, 0.2) is 11.5 Å². The van der Waals surface area contributed by atoms with Crippen LogP contribution in [-0.2, 0) is 9.53 Å². The minimum atomic E-state index is -0.0758. The second-order valence-electron chi connectivity index (χ2n) is 6.25. The van der Waals surface area contributed by atoms with Crippen LogP contribution in [0.1, 0.15) is 12.5 Å². The van der Waals surface area contributed by atoms with Crippen molar-refractivity contribution in [2.24, 2.45) is 0 Å². The first-order valence-electron chi connectivity index (χ1n) is 9.09. The van der Waals surface area contributed by atoms with Gasteiger partial charge in [-0.05, 0) is 30.7 Å². The Bertz CT molecular complexity index is 781. The molecule has 6 nitrogen and oxygen atoms in total. The molecule has 0 radical (unpaired) electrons. The van der Waals surface area contributed by atoms with E-state index in [1.165, 1.54) is 11.8 Å². The summed E-state index contributed by atoms with van der Waals surface area (Å²) in [6.07, 6.45) is 1.79. The maximum absolute atomic E-state index is 12.8. The van der Waals surface area contributed by atoms with Gasteiger partial charge in [0, 0.05) is 26.2 Å². The van der Waals surface area contributed by atoms with Crippen molar-refractivity contribution in [2.75, 3.05) is 53.1 Å². The summed E-state index contributed by atoms with van der Waals surface area (Å²) in [5.74, 6) is 0.957. The monoisotopic (exact) mass is 442 g/mol. The molecule has 0 aromatic heterocycles. The lowest BCUT2D eigenvalue weighted by Gasteiger charge is -2.28. The molecule has 9 heteroatoms. The van der Waals surface area contributed by atoms with Crippen LogP contribution >= 0.6 is 35.6 Å². The molecule has 2 heterocycles. The Labute approximate surface area is 179 Å². The molecule has 0 atom stereocenters. The van der Waals surface area contributed by atoms with E-state index in [1.54, 1.807) is 24.2 Å². The summed E-state index contributed by atoms with van der Waals surface area (Å²) in [7, 11) is 1.54. The fraction of sp³-hybridized carbons (Fsp3) is 0.474. The maximum Gasteiger partial charge on any atom is 0.266 e. The number of methoxy groups -OCH3 is 1. The van der Waals surface area contributed by atoms with Crippen LogP contribution in [0.3, 0.4) is 0 Å². The van der Waals surface area contributed by atoms with E-state index < -0.39 is 0 Å². The van der Waals surface area contributed by atoms with Gasteiger partial charge in [-0.3, -0.25) is 14.6 Å². The number of benzene rings is 1. The first kappa shape index (κ1) is 21.4. The molecule has 2 aliphatic rings. The largest absolute Gasteiger partial charge is 0.491 e. The zero-order valence-corrected chi connectivity index (χ0v) is 18.3. The second kappa shape index (κ2) is 9.93. The van der Waals surface area contributed by atoms with E-state index in [4.69, 9.17) is 38.0 Å². The van der Waals surface area contributed by atoms with Crippen LogP contribution in [0, 0.1) is 0 Å². The highest BCUT2D eigenvalue weighted by molar-refractivity contribution is 8.26. The summed E-state index contributed by atoms with van der Waals surface area (Å²) in [4.78, 5) is 17.4. The number of thioether (sulfide) groups is 1. The number of ether oxygens (including phenoxy) is 3. The molecule has 0 saturated carbocycles. The Kier molecular flexibility index (Phi) is 7.59. The van der Waals surface area contributed by atoms with Crippen LogP contribution in [0.2, 0.25) is 5.02 Å². The fourth-order valence-corrected chi connectivity index (χ4v) is 4.65. The summed E-state index contributed by atoms with van der Waals surface area (Å²) in [5.41, 5.74) is 0.767. The lowest BCUT2D eigenvalue weighted by Crippen LogP contribution is -2.42. The topological polar surface area (TPSA) is 51.2 Å². The number of halogens is 1. The summed E-state index contributed by atoms with van der Waals surface area (Å²) in [6.45, 7) is 6.97. The number of amides is 1. The van der Waals surface area contributed by atoms with Gasteiger partial charge in [0.25, 0.3) is 5.91 Å². The van der Waals surface area contributed by atoms with Crippen molar-refractivity contribution in [1.82, 2.24) is 9.80 Å². The van der Waals surface area contributed by atoms with Crippen LogP contribution in [0.5, 0.6) is 11.5 Å². The molecule has 0 spiro atoms. The number of nitrogens with zero attached hydrogens (tertiary/aromatic N) is 2. The van der Waals surface area contributed by atoms with E-state index >= 15 is 0 Å². The average Bonchev–Trinajstić information content (AvgIpc) is 2.94. The van der Waals surface area contributed by atoms with Gasteiger partial charge in [-0.1, -0.05) is 35.6 Å². The summed E-state index contributed by atoms with van der Waals surface area (Å²) in [5, 5.41) is 0.433. The predicted molar refractivity (Wildman–Crippen MR) is 116 cm³/mol. The van der Waals surface area contributed by atoms with Crippen molar-refractivity contribution < 1.29 is 19.0 Å². The van der Waals surface area contributed by atoms with Crippen LogP contribution in [0.25, 0.3) is 6.08 Å². The summed E-state index contributed by atoms with van der Waals surface area (Å²) in [6, 6.07) is 3.57. The van der Waals surface area contributed by atoms with Gasteiger partial charge in [-0.25, -0.2) is 0 Å². The number of morpholine rings is 1. The fourth-order valence-electron chi connectivity index (χ4n) is 3.04. The van der Waals surface area contributed by atoms with E-state index in [0.717, 1.165) is 38.4 Å². The summed E-state index contributed by atoms with van der Waals surface area (Å²) >= 11 is 13.0. The molecule has 1 aromatic rings. The van der Waals surface area contributed by atoms with Gasteiger partial charge >= 0.3 is 0 Å². The molecular weight excluding hydrogens is 420 g/mol. The molecule has 152 valence electrons. The highest BCUT2D eigenvalue weighted by Gasteiger charge is 2.32. The van der Waals surface area contributed by atoms with Crippen LogP contribution in [-0.4, -0.2) is 73.1 Å². The lowest BCUT2D eigenvalue weighted by atomic mass is 10.1. The van der Waals surface area contributed by atoms with E-state index in [-0.39, 0.29) is 5.91 Å². The molecule has 2 aliphatic heterocycles. The number of hydrogen-bond donors (Lipinski definition) is 0. The van der Waals surface area contributed by atoms with Crippen molar-refractivity contribution in [1.29, 1.82) is 0 Å². The maximum atomic E-state index is 12.8. The van der Waals surface area contributed by atoms with Crippen molar-refractivity contribution in [3.05, 3.63) is 27.6 Å². The van der Waals surface area contributed by atoms with Gasteiger partial charge in [-0.2, -0.15) is 0 Å². The Hall–Kier alpha value is -1.32. The minimum absolute atomic E-state index is 0.0758. The SMILES string of the molecule is CCOc1cc(/C=C2\SC(=S)N(CCN3CCOCC3)C2=O)cc(Cl)c1OC. The quantitative estimate of drug-likeness (QED) is 0.474. The van der Waals surface area contributed by atoms with E-state index in [0.29, 0.717) is 38.9 Å². The third kappa shape index (κ3) is 4.99. The normalized spacial score (nSPS) is 19.5. The third-order valence-electron chi connectivity index (χ3n) is 4.45. The zero-order chi connectivity index (χ0) is 20.1. The minimum Gasteiger partial charge on any atom is -0.491 e. The first-order chi connectivity index (χ1) is 13.5. The highest BCUT2D eigenvalue weighted by Crippen LogP contribution is 2.38. The Morgan fingerprint density at radius 1 is 1.32 bits per heavy atom. The summed E-state index contributed by atoms with van der Waals surface area (Å²) < 4.78 is 16.8. The number of hydrogen-bond acceptors (Lipinski definition) is 7. The molecule has 0 bridgehead atoms. The zero-order valence-electron chi connectivity index (χ0n) is 15.9. The third-order valence-corrected chi connectivity index (χ3v) is 6.11. The molecule has 1 amide bonds.